The molecule has 0 spiro atoms. The van der Waals surface area contributed by atoms with Crippen LogP contribution in [0.25, 0.3) is 0 Å². The van der Waals surface area contributed by atoms with E-state index in [-0.39, 0.29) is 6.04 Å². The molecule has 1 atom stereocenters. The minimum absolute atomic E-state index is 0.0800. The predicted octanol–water partition coefficient (Wildman–Crippen LogP) is 3.13. The number of rotatable bonds is 3. The molecule has 1 aliphatic rings. The van der Waals surface area contributed by atoms with Gasteiger partial charge in [-0.05, 0) is 36.3 Å². The Balaban J connectivity index is 2.20. The van der Waals surface area contributed by atoms with Crippen molar-refractivity contribution in [1.29, 1.82) is 0 Å². The van der Waals surface area contributed by atoms with E-state index in [9.17, 15) is 4.79 Å². The van der Waals surface area contributed by atoms with Crippen molar-refractivity contribution in [3.63, 3.8) is 0 Å². The maximum atomic E-state index is 10.1. The van der Waals surface area contributed by atoms with Crippen LogP contribution in [0.1, 0.15) is 43.9 Å². The van der Waals surface area contributed by atoms with Crippen molar-refractivity contribution in [2.75, 3.05) is 0 Å². The van der Waals surface area contributed by atoms with Gasteiger partial charge in [-0.2, -0.15) is 4.99 Å². The van der Waals surface area contributed by atoms with Gasteiger partial charge < -0.3 is 0 Å². The lowest BCUT2D eigenvalue weighted by Gasteiger charge is -2.10. The molecule has 2 rings (SSSR count). The molecular formula is C13H15NO. The normalized spacial score (nSPS) is 19.1. The summed E-state index contributed by atoms with van der Waals surface area (Å²) in [5, 5.41) is 0. The van der Waals surface area contributed by atoms with Crippen LogP contribution >= 0.6 is 0 Å². The number of aliphatic imine (C=N–C) groups is 1. The largest absolute Gasteiger partial charge is 0.235 e. The summed E-state index contributed by atoms with van der Waals surface area (Å²) in [5.41, 5.74) is 2.88. The van der Waals surface area contributed by atoms with Crippen molar-refractivity contribution in [2.24, 2.45) is 4.99 Å². The first-order valence-electron chi connectivity index (χ1n) is 5.33. The van der Waals surface area contributed by atoms with Crippen molar-refractivity contribution in [3.05, 3.63) is 35.4 Å². The van der Waals surface area contributed by atoms with Gasteiger partial charge in [-0.15, -0.1) is 0 Å². The van der Waals surface area contributed by atoms with Gasteiger partial charge in [0, 0.05) is 0 Å². The van der Waals surface area contributed by atoms with Crippen LogP contribution in [0.3, 0.4) is 0 Å². The summed E-state index contributed by atoms with van der Waals surface area (Å²) in [4.78, 5) is 13.8. The molecule has 1 aromatic rings. The molecule has 1 aromatic carbocycles. The van der Waals surface area contributed by atoms with Gasteiger partial charge in [0.2, 0.25) is 6.08 Å². The first kappa shape index (κ1) is 10.1. The lowest BCUT2D eigenvalue weighted by Crippen LogP contribution is -1.99. The summed E-state index contributed by atoms with van der Waals surface area (Å²) in [6.45, 7) is 4.19. The third-order valence-electron chi connectivity index (χ3n) is 3.34. The maximum absolute atomic E-state index is 10.1. The zero-order valence-corrected chi connectivity index (χ0v) is 9.16. The summed E-state index contributed by atoms with van der Waals surface area (Å²) >= 11 is 0. The van der Waals surface area contributed by atoms with Gasteiger partial charge >= 0.3 is 0 Å². The molecule has 0 radical (unpaired) electrons. The zero-order chi connectivity index (χ0) is 10.9. The van der Waals surface area contributed by atoms with Gasteiger partial charge in [0.1, 0.15) is 0 Å². The van der Waals surface area contributed by atoms with Crippen LogP contribution in [0, 0.1) is 0 Å². The van der Waals surface area contributed by atoms with Gasteiger partial charge in [0.25, 0.3) is 0 Å². The first-order valence-corrected chi connectivity index (χ1v) is 5.33. The van der Waals surface area contributed by atoms with E-state index in [1.807, 2.05) is 6.92 Å². The molecule has 0 amide bonds. The molecule has 1 aliphatic carbocycles. The molecule has 2 nitrogen and oxygen atoms in total. The molecule has 0 saturated heterocycles. The average Bonchev–Trinajstić information content (AvgIpc) is 2.99. The lowest BCUT2D eigenvalue weighted by molar-refractivity contribution is 0.559. The standard InChI is InChI=1S/C13H15NO/c1-10(14-9-15)11-3-5-12(6-4-11)13(2)7-8-13/h3-6,10H,7-8H2,1-2H3. The van der Waals surface area contributed by atoms with Crippen LogP contribution in [0.2, 0.25) is 0 Å². The number of benzene rings is 1. The number of isocyanates is 1. The monoisotopic (exact) mass is 201 g/mol. The van der Waals surface area contributed by atoms with Gasteiger partial charge in [0.05, 0.1) is 6.04 Å². The lowest BCUT2D eigenvalue weighted by atomic mass is 9.96. The fraction of sp³-hybridized carbons (Fsp3) is 0.462. The van der Waals surface area contributed by atoms with E-state index in [1.54, 1.807) is 6.08 Å². The third-order valence-corrected chi connectivity index (χ3v) is 3.34. The molecule has 78 valence electrons. The molecule has 0 heterocycles. The number of nitrogens with zero attached hydrogens (tertiary/aromatic N) is 1. The SMILES string of the molecule is CC(N=C=O)c1ccc(C2(C)CC2)cc1. The Morgan fingerprint density at radius 3 is 2.40 bits per heavy atom. The second-order valence-electron chi connectivity index (χ2n) is 4.58. The topological polar surface area (TPSA) is 29.4 Å². The van der Waals surface area contributed by atoms with Crippen LogP contribution in [0.15, 0.2) is 29.3 Å². The Morgan fingerprint density at radius 2 is 1.93 bits per heavy atom. The Hall–Kier alpha value is -1.40. The molecule has 0 N–H and O–H groups in total. The number of carbonyl (C=O) groups excluding carboxylic acids is 1. The summed E-state index contributed by atoms with van der Waals surface area (Å²) in [5.74, 6) is 0. The minimum atomic E-state index is -0.0800. The van der Waals surface area contributed by atoms with Gasteiger partial charge in [0.15, 0.2) is 0 Å². The molecule has 0 aromatic heterocycles. The van der Waals surface area contributed by atoms with Gasteiger partial charge in [-0.1, -0.05) is 31.2 Å². The first-order chi connectivity index (χ1) is 7.15. The molecule has 1 fully saturated rings. The highest BCUT2D eigenvalue weighted by Crippen LogP contribution is 2.47. The average molecular weight is 201 g/mol. The van der Waals surface area contributed by atoms with Crippen molar-refractivity contribution < 1.29 is 4.79 Å². The predicted molar refractivity (Wildman–Crippen MR) is 59.6 cm³/mol. The zero-order valence-electron chi connectivity index (χ0n) is 9.16. The molecule has 15 heavy (non-hydrogen) atoms. The molecular weight excluding hydrogens is 186 g/mol. The fourth-order valence-corrected chi connectivity index (χ4v) is 1.79. The van der Waals surface area contributed by atoms with E-state index in [4.69, 9.17) is 0 Å². The summed E-state index contributed by atoms with van der Waals surface area (Å²) in [6.07, 6.45) is 4.17. The second-order valence-corrected chi connectivity index (χ2v) is 4.58. The molecule has 0 aliphatic heterocycles. The van der Waals surface area contributed by atoms with Crippen molar-refractivity contribution in [2.45, 2.75) is 38.1 Å². The van der Waals surface area contributed by atoms with Crippen molar-refractivity contribution >= 4 is 6.08 Å². The van der Waals surface area contributed by atoms with Crippen LogP contribution in [0.5, 0.6) is 0 Å². The van der Waals surface area contributed by atoms with E-state index in [1.165, 1.54) is 18.4 Å². The van der Waals surface area contributed by atoms with E-state index >= 15 is 0 Å². The molecule has 1 saturated carbocycles. The minimum Gasteiger partial charge on any atom is -0.211 e. The van der Waals surface area contributed by atoms with E-state index in [0.717, 1.165) is 5.56 Å². The Morgan fingerprint density at radius 1 is 1.33 bits per heavy atom. The summed E-state index contributed by atoms with van der Waals surface area (Å²) in [7, 11) is 0. The van der Waals surface area contributed by atoms with Crippen molar-refractivity contribution in [3.8, 4) is 0 Å². The molecule has 2 heteroatoms. The van der Waals surface area contributed by atoms with Crippen molar-refractivity contribution in [1.82, 2.24) is 0 Å². The summed E-state index contributed by atoms with van der Waals surface area (Å²) < 4.78 is 0. The Labute approximate surface area is 90.0 Å². The fourth-order valence-electron chi connectivity index (χ4n) is 1.79. The molecule has 1 unspecified atom stereocenters. The van der Waals surface area contributed by atoms with E-state index in [0.29, 0.717) is 5.41 Å². The highest BCUT2D eigenvalue weighted by molar-refractivity contribution is 5.37. The highest BCUT2D eigenvalue weighted by atomic mass is 16.1. The van der Waals surface area contributed by atoms with E-state index < -0.39 is 0 Å². The third kappa shape index (κ3) is 2.00. The maximum Gasteiger partial charge on any atom is 0.235 e. The summed E-state index contributed by atoms with van der Waals surface area (Å²) in [6, 6.07) is 8.34. The smallest absolute Gasteiger partial charge is 0.211 e. The quantitative estimate of drug-likeness (QED) is 0.545. The van der Waals surface area contributed by atoms with Crippen LogP contribution in [-0.4, -0.2) is 6.08 Å². The Bertz CT molecular complexity index is 397. The van der Waals surface area contributed by atoms with E-state index in [2.05, 4.69) is 36.2 Å². The number of hydrogen-bond donors (Lipinski definition) is 0. The molecule has 0 bridgehead atoms. The van der Waals surface area contributed by atoms with Gasteiger partial charge in [-0.3, -0.25) is 0 Å². The van der Waals surface area contributed by atoms with Gasteiger partial charge in [-0.25, -0.2) is 4.79 Å². The van der Waals surface area contributed by atoms with Crippen LogP contribution in [0.4, 0.5) is 0 Å². The van der Waals surface area contributed by atoms with Crippen LogP contribution < -0.4 is 0 Å². The highest BCUT2D eigenvalue weighted by Gasteiger charge is 2.38. The van der Waals surface area contributed by atoms with Crippen LogP contribution in [-0.2, 0) is 10.2 Å². The second kappa shape index (κ2) is 3.63. The Kier molecular flexibility index (Phi) is 2.45. The number of hydrogen-bond acceptors (Lipinski definition) is 2.